The van der Waals surface area contributed by atoms with Gasteiger partial charge in [0.2, 0.25) is 15.9 Å². The van der Waals surface area contributed by atoms with Gasteiger partial charge in [0.1, 0.15) is 0 Å². The lowest BCUT2D eigenvalue weighted by Crippen LogP contribution is -2.41. The predicted molar refractivity (Wildman–Crippen MR) is 138 cm³/mol. The smallest absolute Gasteiger partial charge is 0.269 e. The van der Waals surface area contributed by atoms with Crippen LogP contribution in [-0.4, -0.2) is 46.4 Å². The van der Waals surface area contributed by atoms with Crippen LogP contribution in [0.25, 0.3) is 10.8 Å². The van der Waals surface area contributed by atoms with Crippen LogP contribution < -0.4 is 5.32 Å². The first kappa shape index (κ1) is 24.6. The first-order chi connectivity index (χ1) is 17.8. The number of carbonyl (C=O) groups excluding carboxylic acids is 1. The molecule has 0 radical (unpaired) electrons. The van der Waals surface area contributed by atoms with Crippen LogP contribution in [-0.2, 0) is 21.4 Å². The SMILES string of the molecule is O=C(Nc1ccn(Cc2cccc3ccccc23)n1)C1CCN(S(=O)(=O)c2ccc([N+](=O)[O-])cc2)CC1. The summed E-state index contributed by atoms with van der Waals surface area (Å²) in [5, 5.41) is 20.5. The molecule has 190 valence electrons. The van der Waals surface area contributed by atoms with Gasteiger partial charge in [0, 0.05) is 43.4 Å². The van der Waals surface area contributed by atoms with E-state index in [9.17, 15) is 23.3 Å². The van der Waals surface area contributed by atoms with Gasteiger partial charge >= 0.3 is 0 Å². The van der Waals surface area contributed by atoms with Crippen LogP contribution in [0.4, 0.5) is 11.5 Å². The summed E-state index contributed by atoms with van der Waals surface area (Å²) in [6.07, 6.45) is 2.56. The maximum atomic E-state index is 12.9. The number of benzene rings is 3. The first-order valence-corrected chi connectivity index (χ1v) is 13.3. The molecule has 1 aromatic heterocycles. The molecule has 1 aliphatic rings. The second-order valence-corrected chi connectivity index (χ2v) is 10.9. The second kappa shape index (κ2) is 10.1. The van der Waals surface area contributed by atoms with E-state index in [0.29, 0.717) is 25.2 Å². The molecule has 0 atom stereocenters. The standard InChI is InChI=1S/C26H25N5O5S/c32-26(20-12-16-30(17-13-20)37(35,36)23-10-8-22(9-11-23)31(33)34)27-25-14-15-29(28-25)18-21-6-3-5-19-4-1-2-7-24(19)21/h1-11,14-15,20H,12-13,16-18H2,(H,27,28,32). The molecule has 1 fully saturated rings. The number of amides is 1. The predicted octanol–water partition coefficient (Wildman–Crippen LogP) is 4.03. The highest BCUT2D eigenvalue weighted by atomic mass is 32.2. The zero-order valence-corrected chi connectivity index (χ0v) is 20.7. The van der Waals surface area contributed by atoms with Crippen molar-refractivity contribution in [3.8, 4) is 0 Å². The number of hydrogen-bond donors (Lipinski definition) is 1. The van der Waals surface area contributed by atoms with Gasteiger partial charge in [-0.3, -0.25) is 19.6 Å². The highest BCUT2D eigenvalue weighted by molar-refractivity contribution is 7.89. The topological polar surface area (TPSA) is 127 Å². The lowest BCUT2D eigenvalue weighted by atomic mass is 9.97. The Balaban J connectivity index is 1.18. The Kier molecular flexibility index (Phi) is 6.72. The molecule has 10 nitrogen and oxygen atoms in total. The summed E-state index contributed by atoms with van der Waals surface area (Å²) in [4.78, 5) is 23.1. The zero-order chi connectivity index (χ0) is 26.0. The molecule has 1 aliphatic heterocycles. The molecule has 0 aliphatic carbocycles. The Labute approximate surface area is 213 Å². The minimum absolute atomic E-state index is 0.00210. The Hall–Kier alpha value is -4.09. The van der Waals surface area contributed by atoms with Crippen LogP contribution >= 0.6 is 0 Å². The summed E-state index contributed by atoms with van der Waals surface area (Å²) in [6, 6.07) is 20.8. The van der Waals surface area contributed by atoms with Crippen molar-refractivity contribution in [2.24, 2.45) is 5.92 Å². The highest BCUT2D eigenvalue weighted by Gasteiger charge is 2.32. The van der Waals surface area contributed by atoms with Crippen molar-refractivity contribution in [1.29, 1.82) is 0 Å². The maximum absolute atomic E-state index is 12.9. The van der Waals surface area contributed by atoms with Gasteiger partial charge < -0.3 is 5.32 Å². The Bertz CT molecular complexity index is 1550. The van der Waals surface area contributed by atoms with Crippen molar-refractivity contribution < 1.29 is 18.1 Å². The number of hydrogen-bond acceptors (Lipinski definition) is 6. The van der Waals surface area contributed by atoms with Gasteiger partial charge in [0.05, 0.1) is 16.4 Å². The third-order valence-electron chi connectivity index (χ3n) is 6.61. The van der Waals surface area contributed by atoms with Crippen LogP contribution in [0.5, 0.6) is 0 Å². The summed E-state index contributed by atoms with van der Waals surface area (Å²) in [5.74, 6) is -0.0829. The van der Waals surface area contributed by atoms with Crippen molar-refractivity contribution in [3.05, 3.63) is 94.7 Å². The average Bonchev–Trinajstić information content (AvgIpc) is 3.35. The molecule has 1 amide bonds. The minimum atomic E-state index is -3.79. The summed E-state index contributed by atoms with van der Waals surface area (Å²) in [5.41, 5.74) is 0.953. The van der Waals surface area contributed by atoms with Crippen molar-refractivity contribution >= 4 is 38.2 Å². The Morgan fingerprint density at radius 3 is 2.43 bits per heavy atom. The van der Waals surface area contributed by atoms with Crippen molar-refractivity contribution in [2.75, 3.05) is 18.4 Å². The second-order valence-electron chi connectivity index (χ2n) is 8.96. The van der Waals surface area contributed by atoms with Crippen molar-refractivity contribution in [3.63, 3.8) is 0 Å². The van der Waals surface area contributed by atoms with Gasteiger partial charge in [0.15, 0.2) is 5.82 Å². The van der Waals surface area contributed by atoms with Gasteiger partial charge in [-0.25, -0.2) is 8.42 Å². The fourth-order valence-electron chi connectivity index (χ4n) is 4.60. The molecular weight excluding hydrogens is 494 g/mol. The van der Waals surface area contributed by atoms with E-state index in [1.807, 2.05) is 24.4 Å². The van der Waals surface area contributed by atoms with Gasteiger partial charge in [-0.15, -0.1) is 0 Å². The van der Waals surface area contributed by atoms with E-state index >= 15 is 0 Å². The largest absolute Gasteiger partial charge is 0.309 e. The molecular formula is C26H25N5O5S. The van der Waals surface area contributed by atoms with E-state index in [-0.39, 0.29) is 35.5 Å². The number of carbonyl (C=O) groups is 1. The number of nitrogens with zero attached hydrogens (tertiary/aromatic N) is 4. The lowest BCUT2D eigenvalue weighted by molar-refractivity contribution is -0.384. The van der Waals surface area contributed by atoms with Gasteiger partial charge in [0.25, 0.3) is 5.69 Å². The third-order valence-corrected chi connectivity index (χ3v) is 8.53. The van der Waals surface area contributed by atoms with E-state index in [0.717, 1.165) is 16.3 Å². The highest BCUT2D eigenvalue weighted by Crippen LogP contribution is 2.26. The van der Waals surface area contributed by atoms with Crippen molar-refractivity contribution in [2.45, 2.75) is 24.3 Å². The summed E-state index contributed by atoms with van der Waals surface area (Å²) < 4.78 is 28.9. The number of anilines is 1. The number of nitro groups is 1. The van der Waals surface area contributed by atoms with E-state index < -0.39 is 14.9 Å². The van der Waals surface area contributed by atoms with Gasteiger partial charge in [-0.2, -0.15) is 9.40 Å². The minimum Gasteiger partial charge on any atom is -0.309 e. The first-order valence-electron chi connectivity index (χ1n) is 11.9. The molecule has 1 saturated heterocycles. The Morgan fingerprint density at radius 1 is 1.00 bits per heavy atom. The number of sulfonamides is 1. The number of nitro benzene ring substituents is 1. The average molecular weight is 520 g/mol. The molecule has 0 bridgehead atoms. The normalized spacial score (nSPS) is 15.0. The fourth-order valence-corrected chi connectivity index (χ4v) is 6.07. The van der Waals surface area contributed by atoms with E-state index in [4.69, 9.17) is 0 Å². The molecule has 0 saturated carbocycles. The number of aromatic nitrogens is 2. The number of nitrogens with one attached hydrogen (secondary N) is 1. The molecule has 5 rings (SSSR count). The molecule has 3 aromatic carbocycles. The third kappa shape index (κ3) is 5.23. The monoisotopic (exact) mass is 519 g/mol. The van der Waals surface area contributed by atoms with Gasteiger partial charge in [-0.05, 0) is 41.3 Å². The lowest BCUT2D eigenvalue weighted by Gasteiger charge is -2.30. The molecule has 0 spiro atoms. The summed E-state index contributed by atoms with van der Waals surface area (Å²) in [6.45, 7) is 0.940. The van der Waals surface area contributed by atoms with Crippen LogP contribution in [0, 0.1) is 16.0 Å². The van der Waals surface area contributed by atoms with Gasteiger partial charge in [-0.1, -0.05) is 42.5 Å². The molecule has 1 N–H and O–H groups in total. The molecule has 4 aromatic rings. The summed E-state index contributed by atoms with van der Waals surface area (Å²) in [7, 11) is -3.79. The summed E-state index contributed by atoms with van der Waals surface area (Å²) >= 11 is 0. The number of rotatable bonds is 7. The maximum Gasteiger partial charge on any atom is 0.269 e. The van der Waals surface area contributed by atoms with E-state index in [1.54, 1.807) is 10.7 Å². The molecule has 0 unspecified atom stereocenters. The van der Waals surface area contributed by atoms with Crippen LogP contribution in [0.2, 0.25) is 0 Å². The van der Waals surface area contributed by atoms with Crippen LogP contribution in [0.15, 0.2) is 83.9 Å². The number of non-ortho nitro benzene ring substituents is 1. The van der Waals surface area contributed by atoms with Crippen LogP contribution in [0.1, 0.15) is 18.4 Å². The number of piperidine rings is 1. The molecule has 11 heteroatoms. The molecule has 37 heavy (non-hydrogen) atoms. The number of fused-ring (bicyclic) bond motifs is 1. The zero-order valence-electron chi connectivity index (χ0n) is 19.9. The Morgan fingerprint density at radius 2 is 1.70 bits per heavy atom. The van der Waals surface area contributed by atoms with E-state index in [2.05, 4.69) is 34.7 Å². The van der Waals surface area contributed by atoms with E-state index in [1.165, 1.54) is 28.6 Å². The molecule has 2 heterocycles. The van der Waals surface area contributed by atoms with Crippen LogP contribution in [0.3, 0.4) is 0 Å². The fraction of sp³-hybridized carbons (Fsp3) is 0.231. The quantitative estimate of drug-likeness (QED) is 0.290. The van der Waals surface area contributed by atoms with Crippen molar-refractivity contribution in [1.82, 2.24) is 14.1 Å².